The van der Waals surface area contributed by atoms with Gasteiger partial charge in [0.1, 0.15) is 11.3 Å². The fraction of sp³-hybridized carbons (Fsp3) is 0.529. The average Bonchev–Trinajstić information content (AvgIpc) is 3.17. The van der Waals surface area contributed by atoms with Gasteiger partial charge in [-0.1, -0.05) is 18.9 Å². The van der Waals surface area contributed by atoms with Crippen LogP contribution in [0.25, 0.3) is 5.65 Å². The maximum Gasteiger partial charge on any atom is 0.274 e. The Morgan fingerprint density at radius 2 is 2.18 bits per heavy atom. The van der Waals surface area contributed by atoms with Gasteiger partial charge in [-0.25, -0.2) is 4.98 Å². The largest absolute Gasteiger partial charge is 0.383 e. The highest BCUT2D eigenvalue weighted by Gasteiger charge is 2.28. The first-order valence-electron chi connectivity index (χ1n) is 7.95. The van der Waals surface area contributed by atoms with E-state index in [-0.39, 0.29) is 5.91 Å². The molecule has 1 saturated carbocycles. The van der Waals surface area contributed by atoms with Crippen LogP contribution in [0.3, 0.4) is 0 Å². The van der Waals surface area contributed by atoms with Crippen molar-refractivity contribution in [1.29, 1.82) is 0 Å². The number of hydrogen-bond donors (Lipinski definition) is 0. The quantitative estimate of drug-likeness (QED) is 0.853. The van der Waals surface area contributed by atoms with Gasteiger partial charge in [0.25, 0.3) is 5.91 Å². The first-order chi connectivity index (χ1) is 10.7. The minimum absolute atomic E-state index is 0.0204. The highest BCUT2D eigenvalue weighted by molar-refractivity contribution is 5.93. The maximum absolute atomic E-state index is 12.9. The van der Waals surface area contributed by atoms with Crippen molar-refractivity contribution in [1.82, 2.24) is 14.3 Å². The number of carbonyl (C=O) groups is 1. The highest BCUT2D eigenvalue weighted by atomic mass is 16.5. The van der Waals surface area contributed by atoms with Crippen molar-refractivity contribution in [3.05, 3.63) is 35.8 Å². The molecule has 0 aliphatic heterocycles. The second kappa shape index (κ2) is 6.48. The van der Waals surface area contributed by atoms with Crippen LogP contribution in [0.5, 0.6) is 0 Å². The lowest BCUT2D eigenvalue weighted by Crippen LogP contribution is -2.41. The first kappa shape index (κ1) is 15.0. The lowest BCUT2D eigenvalue weighted by atomic mass is 10.2. The smallest absolute Gasteiger partial charge is 0.274 e. The van der Waals surface area contributed by atoms with Gasteiger partial charge >= 0.3 is 0 Å². The lowest BCUT2D eigenvalue weighted by Gasteiger charge is -2.28. The van der Waals surface area contributed by atoms with Crippen LogP contribution in [0, 0.1) is 6.92 Å². The number of aryl methyl sites for hydroxylation is 1. The normalized spacial score (nSPS) is 15.5. The van der Waals surface area contributed by atoms with Gasteiger partial charge in [-0.2, -0.15) is 0 Å². The third-order valence-electron chi connectivity index (χ3n) is 4.48. The first-order valence-corrected chi connectivity index (χ1v) is 7.95. The van der Waals surface area contributed by atoms with Crippen molar-refractivity contribution < 1.29 is 9.53 Å². The number of methoxy groups -OCH3 is 1. The van der Waals surface area contributed by atoms with Crippen LogP contribution in [-0.4, -0.2) is 46.5 Å². The number of nitrogens with zero attached hydrogens (tertiary/aromatic N) is 3. The zero-order valence-electron chi connectivity index (χ0n) is 13.3. The fourth-order valence-electron chi connectivity index (χ4n) is 3.25. The predicted octanol–water partition coefficient (Wildman–Crippen LogP) is 2.67. The van der Waals surface area contributed by atoms with E-state index in [9.17, 15) is 4.79 Å². The molecular weight excluding hydrogens is 278 g/mol. The highest BCUT2D eigenvalue weighted by Crippen LogP contribution is 2.25. The molecule has 2 aromatic rings. The lowest BCUT2D eigenvalue weighted by molar-refractivity contribution is 0.0601. The summed E-state index contributed by atoms with van der Waals surface area (Å²) in [6, 6.07) is 6.24. The van der Waals surface area contributed by atoms with E-state index in [1.165, 1.54) is 12.8 Å². The van der Waals surface area contributed by atoms with Crippen LogP contribution in [0.1, 0.15) is 41.9 Å². The van der Waals surface area contributed by atoms with Gasteiger partial charge in [-0.3, -0.25) is 4.79 Å². The van der Waals surface area contributed by atoms with Gasteiger partial charge in [0, 0.05) is 31.6 Å². The zero-order chi connectivity index (χ0) is 15.5. The molecule has 0 aromatic carbocycles. The molecule has 2 aromatic heterocycles. The number of ether oxygens (including phenoxy) is 1. The Morgan fingerprint density at radius 3 is 2.86 bits per heavy atom. The second-order valence-electron chi connectivity index (χ2n) is 5.95. The van der Waals surface area contributed by atoms with E-state index in [1.54, 1.807) is 7.11 Å². The van der Waals surface area contributed by atoms with Crippen molar-refractivity contribution in [2.45, 2.75) is 38.6 Å². The third-order valence-corrected chi connectivity index (χ3v) is 4.48. The molecular formula is C17H23N3O2. The van der Waals surface area contributed by atoms with E-state index >= 15 is 0 Å². The van der Waals surface area contributed by atoms with Crippen LogP contribution in [0.2, 0.25) is 0 Å². The van der Waals surface area contributed by atoms with Crippen LogP contribution >= 0.6 is 0 Å². The minimum atomic E-state index is 0.0204. The Hall–Kier alpha value is -1.88. The third kappa shape index (κ3) is 2.86. The number of amides is 1. The van der Waals surface area contributed by atoms with E-state index in [1.807, 2.05) is 40.6 Å². The molecule has 5 heteroatoms. The van der Waals surface area contributed by atoms with Gasteiger partial charge < -0.3 is 14.0 Å². The van der Waals surface area contributed by atoms with Crippen LogP contribution < -0.4 is 0 Å². The molecule has 0 atom stereocenters. The Labute approximate surface area is 130 Å². The topological polar surface area (TPSA) is 46.8 Å². The summed E-state index contributed by atoms with van der Waals surface area (Å²) in [6.07, 6.45) is 6.42. The van der Waals surface area contributed by atoms with E-state index < -0.39 is 0 Å². The van der Waals surface area contributed by atoms with Crippen LogP contribution in [0.15, 0.2) is 24.4 Å². The number of pyridine rings is 1. The molecule has 118 valence electrons. The molecule has 0 radical (unpaired) electrons. The summed E-state index contributed by atoms with van der Waals surface area (Å²) in [5, 5.41) is 0. The van der Waals surface area contributed by atoms with Crippen molar-refractivity contribution >= 4 is 11.6 Å². The van der Waals surface area contributed by atoms with Crippen molar-refractivity contribution in [2.75, 3.05) is 20.3 Å². The zero-order valence-corrected chi connectivity index (χ0v) is 13.3. The Balaban J connectivity index is 1.88. The summed E-state index contributed by atoms with van der Waals surface area (Å²) in [5.74, 6) is 0.0204. The number of hydrogen-bond acceptors (Lipinski definition) is 3. The summed E-state index contributed by atoms with van der Waals surface area (Å²) < 4.78 is 7.15. The average molecular weight is 301 g/mol. The molecule has 1 aliphatic rings. The maximum atomic E-state index is 12.9. The molecule has 0 saturated heterocycles. The monoisotopic (exact) mass is 301 g/mol. The molecule has 0 N–H and O–H groups in total. The van der Waals surface area contributed by atoms with Crippen molar-refractivity contribution in [3.63, 3.8) is 0 Å². The molecule has 1 amide bonds. The number of fused-ring (bicyclic) bond motifs is 1. The van der Waals surface area contributed by atoms with Gasteiger partial charge in [-0.05, 0) is 31.9 Å². The summed E-state index contributed by atoms with van der Waals surface area (Å²) in [5.41, 5.74) is 2.42. The molecule has 0 unspecified atom stereocenters. The van der Waals surface area contributed by atoms with E-state index in [0.29, 0.717) is 24.9 Å². The van der Waals surface area contributed by atoms with Gasteiger partial charge in [0.05, 0.1) is 6.61 Å². The van der Waals surface area contributed by atoms with E-state index in [4.69, 9.17) is 4.74 Å². The Kier molecular flexibility index (Phi) is 4.43. The van der Waals surface area contributed by atoms with E-state index in [0.717, 1.165) is 24.2 Å². The summed E-state index contributed by atoms with van der Waals surface area (Å²) in [7, 11) is 1.67. The molecule has 1 aliphatic carbocycles. The summed E-state index contributed by atoms with van der Waals surface area (Å²) in [6.45, 7) is 3.21. The van der Waals surface area contributed by atoms with Gasteiger partial charge in [0.2, 0.25) is 0 Å². The molecule has 2 heterocycles. The molecule has 0 spiro atoms. The molecule has 0 bridgehead atoms. The molecule has 3 rings (SSSR count). The van der Waals surface area contributed by atoms with Crippen molar-refractivity contribution in [2.24, 2.45) is 0 Å². The predicted molar refractivity (Wildman–Crippen MR) is 85.1 cm³/mol. The molecule has 22 heavy (non-hydrogen) atoms. The molecule has 1 fully saturated rings. The summed E-state index contributed by atoms with van der Waals surface area (Å²) in [4.78, 5) is 19.4. The van der Waals surface area contributed by atoms with Crippen LogP contribution in [0.4, 0.5) is 0 Å². The minimum Gasteiger partial charge on any atom is -0.383 e. The van der Waals surface area contributed by atoms with E-state index in [2.05, 4.69) is 4.98 Å². The van der Waals surface area contributed by atoms with Crippen molar-refractivity contribution in [3.8, 4) is 0 Å². The Bertz CT molecular complexity index is 659. The van der Waals surface area contributed by atoms with Gasteiger partial charge in [-0.15, -0.1) is 0 Å². The second-order valence-corrected chi connectivity index (χ2v) is 5.95. The SMILES string of the molecule is COCCN(C(=O)c1cn2c(C)cccc2n1)C1CCCC1. The van der Waals surface area contributed by atoms with Gasteiger partial charge in [0.15, 0.2) is 0 Å². The summed E-state index contributed by atoms with van der Waals surface area (Å²) >= 11 is 0. The number of aromatic nitrogens is 2. The standard InChI is InChI=1S/C17H23N3O2/c1-13-6-5-9-16-18-15(12-20(13)16)17(21)19(10-11-22-2)14-7-3-4-8-14/h5-6,9,12,14H,3-4,7-8,10-11H2,1-2H3. The number of rotatable bonds is 5. The molecule has 5 nitrogen and oxygen atoms in total. The fourth-order valence-corrected chi connectivity index (χ4v) is 3.25. The number of carbonyl (C=O) groups excluding carboxylic acids is 1. The van der Waals surface area contributed by atoms with Crippen LogP contribution in [-0.2, 0) is 4.74 Å². The Morgan fingerprint density at radius 1 is 1.41 bits per heavy atom. The number of imidazole rings is 1.